The van der Waals surface area contributed by atoms with Crippen LogP contribution in [0.25, 0.3) is 6.08 Å². The van der Waals surface area contributed by atoms with Gasteiger partial charge >= 0.3 is 5.97 Å². The number of aryl methyl sites for hydroxylation is 1. The van der Waals surface area contributed by atoms with Crippen molar-refractivity contribution in [2.24, 2.45) is 0 Å². The van der Waals surface area contributed by atoms with Crippen LogP contribution < -0.4 is 5.32 Å². The Kier molecular flexibility index (Phi) is 6.12. The third-order valence-corrected chi connectivity index (χ3v) is 3.27. The molecular formula is C19H19NO3. The monoisotopic (exact) mass is 309 g/mol. The minimum absolute atomic E-state index is 0.288. The molecule has 0 saturated carbocycles. The zero-order chi connectivity index (χ0) is 16.5. The molecule has 0 aliphatic rings. The van der Waals surface area contributed by atoms with Crippen molar-refractivity contribution in [2.45, 2.75) is 13.5 Å². The standard InChI is InChI=1S/C19H19NO3/c1-15-7-5-6-10-17(15)11-12-19(22)23-14-18(21)20-13-16-8-3-2-4-9-16/h2-12H,13-14H2,1H3,(H,20,21)/b12-11+. The van der Waals surface area contributed by atoms with E-state index in [1.54, 1.807) is 6.08 Å². The molecule has 4 nitrogen and oxygen atoms in total. The molecule has 0 aromatic heterocycles. The first-order valence-electron chi connectivity index (χ1n) is 7.36. The zero-order valence-corrected chi connectivity index (χ0v) is 13.0. The number of esters is 1. The third kappa shape index (κ3) is 5.79. The van der Waals surface area contributed by atoms with E-state index >= 15 is 0 Å². The molecule has 0 saturated heterocycles. The SMILES string of the molecule is Cc1ccccc1/C=C/C(=O)OCC(=O)NCc1ccccc1. The number of carbonyl (C=O) groups excluding carboxylic acids is 2. The Morgan fingerprint density at radius 2 is 1.74 bits per heavy atom. The summed E-state index contributed by atoms with van der Waals surface area (Å²) in [5.41, 5.74) is 3.00. The van der Waals surface area contributed by atoms with Crippen molar-refractivity contribution in [3.05, 3.63) is 77.4 Å². The van der Waals surface area contributed by atoms with Gasteiger partial charge in [0.25, 0.3) is 5.91 Å². The molecule has 0 aliphatic carbocycles. The lowest BCUT2D eigenvalue weighted by Gasteiger charge is -2.05. The molecule has 0 spiro atoms. The molecule has 0 heterocycles. The van der Waals surface area contributed by atoms with Crippen LogP contribution >= 0.6 is 0 Å². The molecule has 0 atom stereocenters. The first-order chi connectivity index (χ1) is 11.1. The van der Waals surface area contributed by atoms with Gasteiger partial charge in [-0.2, -0.15) is 0 Å². The topological polar surface area (TPSA) is 55.4 Å². The lowest BCUT2D eigenvalue weighted by molar-refractivity contribution is -0.143. The van der Waals surface area contributed by atoms with E-state index in [-0.39, 0.29) is 12.5 Å². The van der Waals surface area contributed by atoms with Crippen LogP contribution in [0.2, 0.25) is 0 Å². The van der Waals surface area contributed by atoms with Crippen LogP contribution in [0.5, 0.6) is 0 Å². The van der Waals surface area contributed by atoms with Crippen LogP contribution in [-0.4, -0.2) is 18.5 Å². The molecule has 0 fully saturated rings. The highest BCUT2D eigenvalue weighted by atomic mass is 16.5. The minimum atomic E-state index is -0.539. The van der Waals surface area contributed by atoms with Crippen molar-refractivity contribution in [3.63, 3.8) is 0 Å². The van der Waals surface area contributed by atoms with Crippen molar-refractivity contribution < 1.29 is 14.3 Å². The highest BCUT2D eigenvalue weighted by Crippen LogP contribution is 2.08. The maximum atomic E-state index is 11.6. The molecule has 1 N–H and O–H groups in total. The lowest BCUT2D eigenvalue weighted by atomic mass is 10.1. The average Bonchev–Trinajstić information content (AvgIpc) is 2.58. The van der Waals surface area contributed by atoms with Gasteiger partial charge in [-0.1, -0.05) is 54.6 Å². The predicted molar refractivity (Wildman–Crippen MR) is 89.5 cm³/mol. The summed E-state index contributed by atoms with van der Waals surface area (Å²) >= 11 is 0. The maximum absolute atomic E-state index is 11.6. The van der Waals surface area contributed by atoms with Crippen LogP contribution in [-0.2, 0) is 20.9 Å². The van der Waals surface area contributed by atoms with Crippen LogP contribution in [0, 0.1) is 6.92 Å². The number of hydrogen-bond acceptors (Lipinski definition) is 3. The Bertz CT molecular complexity index is 693. The molecule has 1 amide bonds. The van der Waals surface area contributed by atoms with Crippen LogP contribution in [0.15, 0.2) is 60.7 Å². The van der Waals surface area contributed by atoms with Gasteiger partial charge in [0, 0.05) is 12.6 Å². The van der Waals surface area contributed by atoms with E-state index in [4.69, 9.17) is 4.74 Å². The Balaban J connectivity index is 1.73. The second-order valence-corrected chi connectivity index (χ2v) is 5.06. The molecule has 0 radical (unpaired) electrons. The molecule has 23 heavy (non-hydrogen) atoms. The van der Waals surface area contributed by atoms with Crippen molar-refractivity contribution in [1.29, 1.82) is 0 Å². The number of rotatable bonds is 6. The summed E-state index contributed by atoms with van der Waals surface area (Å²) < 4.78 is 4.92. The number of benzene rings is 2. The van der Waals surface area contributed by atoms with Gasteiger partial charge in [0.1, 0.15) is 0 Å². The van der Waals surface area contributed by atoms with Gasteiger partial charge < -0.3 is 10.1 Å². The second kappa shape index (κ2) is 8.54. The smallest absolute Gasteiger partial charge is 0.331 e. The summed E-state index contributed by atoms with van der Waals surface area (Å²) in [6.45, 7) is 2.09. The maximum Gasteiger partial charge on any atom is 0.331 e. The normalized spacial score (nSPS) is 10.5. The van der Waals surface area contributed by atoms with Crippen LogP contribution in [0.1, 0.15) is 16.7 Å². The first-order valence-corrected chi connectivity index (χ1v) is 7.36. The summed E-state index contributed by atoms with van der Waals surface area (Å²) in [7, 11) is 0. The summed E-state index contributed by atoms with van der Waals surface area (Å²) in [5.74, 6) is -0.866. The number of hydrogen-bond donors (Lipinski definition) is 1. The fourth-order valence-electron chi connectivity index (χ4n) is 1.96. The largest absolute Gasteiger partial charge is 0.452 e. The van der Waals surface area contributed by atoms with Crippen LogP contribution in [0.3, 0.4) is 0 Å². The van der Waals surface area contributed by atoms with E-state index in [1.165, 1.54) is 6.08 Å². The number of nitrogens with one attached hydrogen (secondary N) is 1. The zero-order valence-electron chi connectivity index (χ0n) is 13.0. The Labute approximate surface area is 135 Å². The highest BCUT2D eigenvalue weighted by molar-refractivity contribution is 5.89. The lowest BCUT2D eigenvalue weighted by Crippen LogP contribution is -2.28. The molecule has 2 aromatic rings. The molecule has 0 bridgehead atoms. The van der Waals surface area contributed by atoms with Crippen molar-refractivity contribution in [1.82, 2.24) is 5.32 Å². The number of amides is 1. The van der Waals surface area contributed by atoms with Gasteiger partial charge in [0.2, 0.25) is 0 Å². The highest BCUT2D eigenvalue weighted by Gasteiger charge is 2.05. The molecule has 118 valence electrons. The molecule has 0 aliphatic heterocycles. The van der Waals surface area contributed by atoms with Gasteiger partial charge in [-0.25, -0.2) is 4.79 Å². The summed E-state index contributed by atoms with van der Waals surface area (Å²) in [6.07, 6.45) is 3.01. The molecule has 2 rings (SSSR count). The quantitative estimate of drug-likeness (QED) is 0.659. The third-order valence-electron chi connectivity index (χ3n) is 3.27. The van der Waals surface area contributed by atoms with Gasteiger partial charge in [-0.3, -0.25) is 4.79 Å². The molecule has 4 heteroatoms. The average molecular weight is 309 g/mol. The Morgan fingerprint density at radius 3 is 2.48 bits per heavy atom. The number of carbonyl (C=O) groups is 2. The Morgan fingerprint density at radius 1 is 1.04 bits per heavy atom. The van der Waals surface area contributed by atoms with E-state index in [0.29, 0.717) is 6.54 Å². The molecule has 0 unspecified atom stereocenters. The van der Waals surface area contributed by atoms with E-state index in [0.717, 1.165) is 16.7 Å². The summed E-state index contributed by atoms with van der Waals surface area (Å²) in [6, 6.07) is 17.2. The van der Waals surface area contributed by atoms with Crippen molar-refractivity contribution in [3.8, 4) is 0 Å². The first kappa shape index (κ1) is 16.5. The fourth-order valence-corrected chi connectivity index (χ4v) is 1.96. The predicted octanol–water partition coefficient (Wildman–Crippen LogP) is 2.87. The molecular weight excluding hydrogens is 290 g/mol. The fraction of sp³-hybridized carbons (Fsp3) is 0.158. The van der Waals surface area contributed by atoms with E-state index < -0.39 is 5.97 Å². The van der Waals surface area contributed by atoms with Gasteiger partial charge in [0.05, 0.1) is 0 Å². The Hall–Kier alpha value is -2.88. The van der Waals surface area contributed by atoms with E-state index in [2.05, 4.69) is 5.32 Å². The number of ether oxygens (including phenoxy) is 1. The van der Waals surface area contributed by atoms with Gasteiger partial charge in [-0.15, -0.1) is 0 Å². The molecule has 2 aromatic carbocycles. The summed E-state index contributed by atoms with van der Waals surface area (Å²) in [5, 5.41) is 2.70. The van der Waals surface area contributed by atoms with Crippen molar-refractivity contribution in [2.75, 3.05) is 6.61 Å². The van der Waals surface area contributed by atoms with E-state index in [1.807, 2.05) is 61.5 Å². The van der Waals surface area contributed by atoms with Gasteiger partial charge in [0.15, 0.2) is 6.61 Å². The summed E-state index contributed by atoms with van der Waals surface area (Å²) in [4.78, 5) is 23.3. The second-order valence-electron chi connectivity index (χ2n) is 5.06. The van der Waals surface area contributed by atoms with Crippen LogP contribution in [0.4, 0.5) is 0 Å². The van der Waals surface area contributed by atoms with E-state index in [9.17, 15) is 9.59 Å². The minimum Gasteiger partial charge on any atom is -0.452 e. The van der Waals surface area contributed by atoms with Crippen molar-refractivity contribution >= 4 is 18.0 Å². The van der Waals surface area contributed by atoms with Gasteiger partial charge in [-0.05, 0) is 29.7 Å².